The third kappa shape index (κ3) is 7.87. The highest BCUT2D eigenvalue weighted by Crippen LogP contribution is 2.22. The maximum Gasteiger partial charge on any atom is 0.490 e. The summed E-state index contributed by atoms with van der Waals surface area (Å²) < 4.78 is 82.7. The third-order valence-corrected chi connectivity index (χ3v) is 6.71. The molecule has 0 unspecified atom stereocenters. The smallest absolute Gasteiger partial charge is 0.475 e. The summed E-state index contributed by atoms with van der Waals surface area (Å²) >= 11 is 0. The molecule has 0 amide bonds. The number of carboxylic acid groups (broad SMARTS) is 1. The molecular formula is C18H21F3N4O6S2. The lowest BCUT2D eigenvalue weighted by Gasteiger charge is -2.29. The highest BCUT2D eigenvalue weighted by atomic mass is 32.2. The molecule has 3 N–H and O–H groups in total. The first kappa shape index (κ1) is 26.3. The zero-order chi connectivity index (χ0) is 24.9. The van der Waals surface area contributed by atoms with Crippen molar-refractivity contribution in [1.29, 1.82) is 0 Å². The molecule has 1 aliphatic heterocycles. The summed E-state index contributed by atoms with van der Waals surface area (Å²) in [5.41, 5.74) is 0.879. The fourth-order valence-electron chi connectivity index (χ4n) is 2.66. The number of rotatable bonds is 5. The van der Waals surface area contributed by atoms with Crippen molar-refractivity contribution >= 4 is 37.3 Å². The lowest BCUT2D eigenvalue weighted by molar-refractivity contribution is -0.192. The van der Waals surface area contributed by atoms with Gasteiger partial charge in [-0.2, -0.15) is 13.2 Å². The average Bonchev–Trinajstić information content (AvgIpc) is 2.73. The Kier molecular flexibility index (Phi) is 8.26. The summed E-state index contributed by atoms with van der Waals surface area (Å²) in [7, 11) is -7.45. The molecule has 0 atom stereocenters. The van der Waals surface area contributed by atoms with Gasteiger partial charge in [0, 0.05) is 50.4 Å². The number of carboxylic acids is 1. The van der Waals surface area contributed by atoms with Gasteiger partial charge in [-0.3, -0.25) is 4.72 Å². The minimum Gasteiger partial charge on any atom is -0.475 e. The predicted octanol–water partition coefficient (Wildman–Crippen LogP) is 1.33. The molecule has 1 aromatic carbocycles. The standard InChI is InChI=1S/C16H20N4O4S2.C2HF3O2/c1-25(21,22)14-3-2-4-15(12-14)26(23,24)19-16-11-13(5-6-18-16)20-9-7-17-8-10-20;3-2(4,5)1(6)7/h2-6,11-12,17H,7-10H2,1H3,(H,18,19);(H,6,7). The van der Waals surface area contributed by atoms with Gasteiger partial charge in [0.25, 0.3) is 10.0 Å². The van der Waals surface area contributed by atoms with Crippen LogP contribution in [0.15, 0.2) is 52.4 Å². The van der Waals surface area contributed by atoms with E-state index in [0.717, 1.165) is 44.2 Å². The monoisotopic (exact) mass is 510 g/mol. The number of carbonyl (C=O) groups is 1. The SMILES string of the molecule is CS(=O)(=O)c1cccc(S(=O)(=O)Nc2cc(N3CCNCC3)ccn2)c1.O=C(O)C(F)(F)F. The number of aromatic nitrogens is 1. The van der Waals surface area contributed by atoms with Crippen molar-refractivity contribution in [2.45, 2.75) is 16.0 Å². The Balaban J connectivity index is 0.000000479. The second kappa shape index (κ2) is 10.4. The second-order valence-corrected chi connectivity index (χ2v) is 10.5. The number of hydrogen-bond acceptors (Lipinski definition) is 8. The normalized spacial score (nSPS) is 14.7. The van der Waals surface area contributed by atoms with Gasteiger partial charge in [0.2, 0.25) is 0 Å². The van der Waals surface area contributed by atoms with Crippen LogP contribution in [0.5, 0.6) is 0 Å². The summed E-state index contributed by atoms with van der Waals surface area (Å²) in [5.74, 6) is -2.57. The minimum atomic E-state index is -5.08. The van der Waals surface area contributed by atoms with Crippen LogP contribution in [0.4, 0.5) is 24.7 Å². The van der Waals surface area contributed by atoms with Crippen molar-refractivity contribution in [2.75, 3.05) is 42.1 Å². The predicted molar refractivity (Wildman–Crippen MR) is 113 cm³/mol. The molecule has 15 heteroatoms. The zero-order valence-electron chi connectivity index (χ0n) is 17.2. The molecule has 1 saturated heterocycles. The Morgan fingerprint density at radius 2 is 1.67 bits per heavy atom. The van der Waals surface area contributed by atoms with Crippen LogP contribution in [0.25, 0.3) is 0 Å². The van der Waals surface area contributed by atoms with Gasteiger partial charge in [-0.25, -0.2) is 26.6 Å². The van der Waals surface area contributed by atoms with E-state index in [0.29, 0.717) is 0 Å². The van der Waals surface area contributed by atoms with Gasteiger partial charge in [-0.05, 0) is 24.3 Å². The first-order valence-corrected chi connectivity index (χ1v) is 12.6. The Morgan fingerprint density at radius 3 is 2.21 bits per heavy atom. The van der Waals surface area contributed by atoms with Gasteiger partial charge in [-0.15, -0.1) is 0 Å². The Morgan fingerprint density at radius 1 is 1.09 bits per heavy atom. The van der Waals surface area contributed by atoms with Crippen molar-refractivity contribution in [3.8, 4) is 0 Å². The van der Waals surface area contributed by atoms with Crippen molar-refractivity contribution < 1.29 is 39.9 Å². The van der Waals surface area contributed by atoms with E-state index in [9.17, 15) is 30.0 Å². The molecule has 1 aliphatic rings. The number of alkyl halides is 3. The van der Waals surface area contributed by atoms with E-state index in [2.05, 4.69) is 19.9 Å². The van der Waals surface area contributed by atoms with Crippen LogP contribution in [0.2, 0.25) is 0 Å². The van der Waals surface area contributed by atoms with Crippen LogP contribution in [0.3, 0.4) is 0 Å². The van der Waals surface area contributed by atoms with Gasteiger partial charge >= 0.3 is 12.1 Å². The number of anilines is 2. The largest absolute Gasteiger partial charge is 0.490 e. The molecule has 3 rings (SSSR count). The fraction of sp³-hybridized carbons (Fsp3) is 0.333. The molecule has 33 heavy (non-hydrogen) atoms. The number of hydrogen-bond donors (Lipinski definition) is 3. The Labute approximate surface area is 188 Å². The Bertz CT molecular complexity index is 1200. The van der Waals surface area contributed by atoms with Crippen molar-refractivity contribution in [3.05, 3.63) is 42.6 Å². The molecule has 2 aromatic rings. The zero-order valence-corrected chi connectivity index (χ0v) is 18.8. The summed E-state index contributed by atoms with van der Waals surface area (Å²) in [6, 6.07) is 8.73. The van der Waals surface area contributed by atoms with Crippen LogP contribution in [-0.2, 0) is 24.7 Å². The number of pyridine rings is 1. The van der Waals surface area contributed by atoms with Gasteiger partial charge in [-0.1, -0.05) is 6.07 Å². The van der Waals surface area contributed by atoms with Gasteiger partial charge in [0.05, 0.1) is 9.79 Å². The van der Waals surface area contributed by atoms with E-state index in [1.54, 1.807) is 12.3 Å². The highest BCUT2D eigenvalue weighted by Gasteiger charge is 2.38. The van der Waals surface area contributed by atoms with E-state index < -0.39 is 32.0 Å². The Hall–Kier alpha value is -2.91. The maximum absolute atomic E-state index is 12.6. The molecule has 182 valence electrons. The van der Waals surface area contributed by atoms with Crippen molar-refractivity contribution in [2.24, 2.45) is 0 Å². The van der Waals surface area contributed by atoms with E-state index >= 15 is 0 Å². The maximum atomic E-state index is 12.6. The molecular weight excluding hydrogens is 489 g/mol. The molecule has 0 spiro atoms. The molecule has 10 nitrogen and oxygen atoms in total. The number of piperazine rings is 1. The summed E-state index contributed by atoms with van der Waals surface area (Å²) in [5, 5.41) is 10.4. The van der Waals surface area contributed by atoms with Crippen LogP contribution < -0.4 is 14.9 Å². The molecule has 2 heterocycles. The van der Waals surface area contributed by atoms with E-state index in [1.807, 2.05) is 6.07 Å². The third-order valence-electron chi connectivity index (χ3n) is 4.25. The molecule has 0 saturated carbocycles. The average molecular weight is 511 g/mol. The van der Waals surface area contributed by atoms with E-state index in [-0.39, 0.29) is 15.6 Å². The molecule has 1 aromatic heterocycles. The number of halogens is 3. The lowest BCUT2D eigenvalue weighted by Crippen LogP contribution is -2.43. The topological polar surface area (TPSA) is 146 Å². The van der Waals surface area contributed by atoms with Gasteiger partial charge in [0.1, 0.15) is 5.82 Å². The van der Waals surface area contributed by atoms with Crippen LogP contribution >= 0.6 is 0 Å². The number of sulfonamides is 1. The molecule has 0 radical (unpaired) electrons. The summed E-state index contributed by atoms with van der Waals surface area (Å²) in [6.45, 7) is 3.38. The van der Waals surface area contributed by atoms with Crippen molar-refractivity contribution in [1.82, 2.24) is 10.3 Å². The number of nitrogens with one attached hydrogen (secondary N) is 2. The fourth-order valence-corrected chi connectivity index (χ4v) is 4.45. The first-order valence-electron chi connectivity index (χ1n) is 9.25. The van der Waals surface area contributed by atoms with Crippen LogP contribution in [-0.4, -0.2) is 71.5 Å². The molecule has 0 aliphatic carbocycles. The first-order chi connectivity index (χ1) is 15.2. The van der Waals surface area contributed by atoms with E-state index in [4.69, 9.17) is 9.90 Å². The number of nitrogens with zero attached hydrogens (tertiary/aromatic N) is 2. The highest BCUT2D eigenvalue weighted by molar-refractivity contribution is 7.93. The van der Waals surface area contributed by atoms with Crippen LogP contribution in [0.1, 0.15) is 0 Å². The quantitative estimate of drug-likeness (QED) is 0.542. The number of sulfone groups is 1. The summed E-state index contributed by atoms with van der Waals surface area (Å²) in [4.78, 5) is 14.9. The van der Waals surface area contributed by atoms with Gasteiger partial charge < -0.3 is 15.3 Å². The van der Waals surface area contributed by atoms with Gasteiger partial charge in [0.15, 0.2) is 9.84 Å². The minimum absolute atomic E-state index is 0.0529. The molecule has 0 bridgehead atoms. The molecule has 1 fully saturated rings. The van der Waals surface area contributed by atoms with E-state index in [1.165, 1.54) is 18.2 Å². The van der Waals surface area contributed by atoms with Crippen LogP contribution in [0, 0.1) is 0 Å². The second-order valence-electron chi connectivity index (χ2n) is 6.79. The lowest BCUT2D eigenvalue weighted by atomic mass is 10.3. The summed E-state index contributed by atoms with van der Waals surface area (Å²) in [6.07, 6.45) is -2.51. The number of benzene rings is 1. The number of aliphatic carboxylic acids is 1. The van der Waals surface area contributed by atoms with Crippen molar-refractivity contribution in [3.63, 3.8) is 0 Å².